The van der Waals surface area contributed by atoms with E-state index in [-0.39, 0.29) is 6.04 Å². The van der Waals surface area contributed by atoms with Crippen molar-refractivity contribution in [1.82, 2.24) is 10.3 Å². The van der Waals surface area contributed by atoms with Gasteiger partial charge in [-0.2, -0.15) is 0 Å². The van der Waals surface area contributed by atoms with Crippen molar-refractivity contribution in [2.45, 2.75) is 33.2 Å². The fourth-order valence-electron chi connectivity index (χ4n) is 1.57. The lowest BCUT2D eigenvalue weighted by Crippen LogP contribution is -2.25. The van der Waals surface area contributed by atoms with Gasteiger partial charge in [-0.05, 0) is 38.0 Å². The molecule has 0 saturated carbocycles. The average Bonchev–Trinajstić information content (AvgIpc) is 2.40. The van der Waals surface area contributed by atoms with Gasteiger partial charge in [-0.15, -0.1) is 0 Å². The first-order chi connectivity index (χ1) is 9.08. The third kappa shape index (κ3) is 4.58. The van der Waals surface area contributed by atoms with E-state index in [4.69, 9.17) is 5.73 Å². The maximum atomic E-state index is 6.00. The van der Waals surface area contributed by atoms with Crippen molar-refractivity contribution in [3.05, 3.63) is 54.1 Å². The number of pyridine rings is 1. The highest BCUT2D eigenvalue weighted by Crippen LogP contribution is 2.10. The van der Waals surface area contributed by atoms with Crippen molar-refractivity contribution in [2.24, 2.45) is 10.7 Å². The molecule has 0 radical (unpaired) electrons. The topological polar surface area (TPSA) is 63.3 Å². The Balaban J connectivity index is 3.13. The predicted molar refractivity (Wildman–Crippen MR) is 80.7 cm³/mol. The van der Waals surface area contributed by atoms with Gasteiger partial charge in [0.15, 0.2) is 5.84 Å². The third-order valence-corrected chi connectivity index (χ3v) is 2.52. The van der Waals surface area contributed by atoms with Crippen LogP contribution in [0.25, 0.3) is 0 Å². The molecule has 1 aromatic rings. The molecule has 0 unspecified atom stereocenters. The molecule has 0 fully saturated rings. The Morgan fingerprint density at radius 1 is 1.53 bits per heavy atom. The van der Waals surface area contributed by atoms with Gasteiger partial charge in [-0.3, -0.25) is 4.98 Å². The van der Waals surface area contributed by atoms with Gasteiger partial charge in [0.05, 0.1) is 0 Å². The van der Waals surface area contributed by atoms with Crippen LogP contribution in [0.3, 0.4) is 0 Å². The molecule has 1 heterocycles. The van der Waals surface area contributed by atoms with Crippen LogP contribution >= 0.6 is 0 Å². The van der Waals surface area contributed by atoms with Crippen molar-refractivity contribution in [3.8, 4) is 0 Å². The molecule has 0 atom stereocenters. The van der Waals surface area contributed by atoms with E-state index >= 15 is 0 Å². The Hall–Kier alpha value is -2.10. The van der Waals surface area contributed by atoms with Crippen molar-refractivity contribution in [2.75, 3.05) is 0 Å². The number of nitrogens with one attached hydrogen (secondary N) is 1. The second kappa shape index (κ2) is 7.36. The van der Waals surface area contributed by atoms with E-state index in [1.807, 2.05) is 18.2 Å². The smallest absolute Gasteiger partial charge is 0.151 e. The number of allylic oxidation sites excluding steroid dienone is 2. The average molecular weight is 258 g/mol. The van der Waals surface area contributed by atoms with Gasteiger partial charge in [0.1, 0.15) is 11.5 Å². The third-order valence-electron chi connectivity index (χ3n) is 2.52. The summed E-state index contributed by atoms with van der Waals surface area (Å²) in [5.41, 5.74) is 7.70. The van der Waals surface area contributed by atoms with E-state index < -0.39 is 0 Å². The van der Waals surface area contributed by atoms with Crippen LogP contribution in [0, 0.1) is 0 Å². The molecule has 0 bridgehead atoms. The van der Waals surface area contributed by atoms with E-state index in [9.17, 15) is 0 Å². The second-order valence-electron chi connectivity index (χ2n) is 4.44. The zero-order chi connectivity index (χ0) is 14.3. The summed E-state index contributed by atoms with van der Waals surface area (Å²) in [6, 6.07) is 5.85. The molecule has 0 aromatic carbocycles. The van der Waals surface area contributed by atoms with Crippen LogP contribution in [0.1, 0.15) is 32.9 Å². The van der Waals surface area contributed by atoms with Gasteiger partial charge in [0.2, 0.25) is 0 Å². The fourth-order valence-corrected chi connectivity index (χ4v) is 1.57. The Labute approximate surface area is 115 Å². The Bertz CT molecular complexity index is 472. The fraction of sp³-hybridized carbons (Fsp3) is 0.333. The SMILES string of the molecule is C=C/C(CC)=C(\N=C(N)c1ccccn1)NC(C)C. The van der Waals surface area contributed by atoms with E-state index in [0.29, 0.717) is 11.5 Å². The van der Waals surface area contributed by atoms with E-state index in [0.717, 1.165) is 17.8 Å². The van der Waals surface area contributed by atoms with Gasteiger partial charge < -0.3 is 11.1 Å². The number of aliphatic imine (C=N–C) groups is 1. The molecule has 1 rings (SSSR count). The van der Waals surface area contributed by atoms with E-state index in [1.54, 1.807) is 12.3 Å². The number of amidine groups is 1. The van der Waals surface area contributed by atoms with Crippen LogP contribution in [0.5, 0.6) is 0 Å². The molecule has 0 amide bonds. The van der Waals surface area contributed by atoms with Crippen LogP contribution in [-0.4, -0.2) is 16.9 Å². The highest BCUT2D eigenvalue weighted by atomic mass is 15.1. The zero-order valence-corrected chi connectivity index (χ0v) is 11.9. The predicted octanol–water partition coefficient (Wildman–Crippen LogP) is 2.59. The molecule has 3 N–H and O–H groups in total. The summed E-state index contributed by atoms with van der Waals surface area (Å²) in [7, 11) is 0. The van der Waals surface area contributed by atoms with Gasteiger partial charge in [-0.1, -0.05) is 25.6 Å². The van der Waals surface area contributed by atoms with Crippen LogP contribution in [0.15, 0.2) is 53.4 Å². The molecule has 0 saturated heterocycles. The summed E-state index contributed by atoms with van der Waals surface area (Å²) in [5, 5.41) is 3.30. The summed E-state index contributed by atoms with van der Waals surface area (Å²) < 4.78 is 0. The number of rotatable bonds is 6. The molecule has 1 aromatic heterocycles. The summed E-state index contributed by atoms with van der Waals surface area (Å²) in [6.07, 6.45) is 4.35. The van der Waals surface area contributed by atoms with Crippen LogP contribution < -0.4 is 11.1 Å². The maximum Gasteiger partial charge on any atom is 0.151 e. The number of hydrogen-bond donors (Lipinski definition) is 2. The molecule has 4 nitrogen and oxygen atoms in total. The number of nitrogens with two attached hydrogens (primary N) is 1. The van der Waals surface area contributed by atoms with Crippen molar-refractivity contribution in [1.29, 1.82) is 0 Å². The first kappa shape index (κ1) is 15.0. The standard InChI is InChI=1S/C15H22N4/c1-5-12(6-2)15(18-11(3)4)19-14(16)13-9-7-8-10-17-13/h5,7-11,18H,1,6H2,2-4H3,(H2,16,19)/b15-12+. The minimum absolute atomic E-state index is 0.275. The zero-order valence-electron chi connectivity index (χ0n) is 11.9. The Morgan fingerprint density at radius 3 is 2.74 bits per heavy atom. The highest BCUT2D eigenvalue weighted by molar-refractivity contribution is 5.96. The quantitative estimate of drug-likeness (QED) is 0.468. The lowest BCUT2D eigenvalue weighted by molar-refractivity contribution is 0.656. The van der Waals surface area contributed by atoms with Crippen molar-refractivity contribution >= 4 is 5.84 Å². The lowest BCUT2D eigenvalue weighted by Gasteiger charge is -2.14. The van der Waals surface area contributed by atoms with E-state index in [1.165, 1.54) is 0 Å². The van der Waals surface area contributed by atoms with Crippen LogP contribution in [0.4, 0.5) is 0 Å². The molecule has 0 aliphatic rings. The van der Waals surface area contributed by atoms with Gasteiger partial charge in [-0.25, -0.2) is 4.99 Å². The molecular weight excluding hydrogens is 236 g/mol. The molecule has 102 valence electrons. The summed E-state index contributed by atoms with van der Waals surface area (Å²) in [6.45, 7) is 9.99. The Morgan fingerprint density at radius 2 is 2.26 bits per heavy atom. The maximum absolute atomic E-state index is 6.00. The van der Waals surface area contributed by atoms with Crippen molar-refractivity contribution in [3.63, 3.8) is 0 Å². The normalized spacial score (nSPS) is 13.2. The van der Waals surface area contributed by atoms with Gasteiger partial charge >= 0.3 is 0 Å². The van der Waals surface area contributed by atoms with Crippen LogP contribution in [-0.2, 0) is 0 Å². The van der Waals surface area contributed by atoms with E-state index in [2.05, 4.69) is 42.6 Å². The monoisotopic (exact) mass is 258 g/mol. The molecule has 0 aliphatic heterocycles. The molecule has 19 heavy (non-hydrogen) atoms. The molecule has 0 aliphatic carbocycles. The van der Waals surface area contributed by atoms with Crippen LogP contribution in [0.2, 0.25) is 0 Å². The number of nitrogens with zero attached hydrogens (tertiary/aromatic N) is 2. The number of aromatic nitrogens is 1. The van der Waals surface area contributed by atoms with Gasteiger partial charge in [0, 0.05) is 12.2 Å². The first-order valence-electron chi connectivity index (χ1n) is 6.46. The molecule has 4 heteroatoms. The molecular formula is C15H22N4. The summed E-state index contributed by atoms with van der Waals surface area (Å²) in [5.74, 6) is 1.16. The van der Waals surface area contributed by atoms with Crippen molar-refractivity contribution < 1.29 is 0 Å². The summed E-state index contributed by atoms with van der Waals surface area (Å²) in [4.78, 5) is 8.65. The first-order valence-corrected chi connectivity index (χ1v) is 6.46. The molecule has 0 spiro atoms. The summed E-state index contributed by atoms with van der Waals surface area (Å²) >= 11 is 0. The van der Waals surface area contributed by atoms with Gasteiger partial charge in [0.25, 0.3) is 0 Å². The second-order valence-corrected chi connectivity index (χ2v) is 4.44. The minimum atomic E-state index is 0.275. The lowest BCUT2D eigenvalue weighted by atomic mass is 10.2. The Kier molecular flexibility index (Phi) is 5.79. The minimum Gasteiger partial charge on any atom is -0.382 e. The highest BCUT2D eigenvalue weighted by Gasteiger charge is 2.06. The largest absolute Gasteiger partial charge is 0.382 e. The number of hydrogen-bond acceptors (Lipinski definition) is 3.